The average Bonchev–Trinajstić information content (AvgIpc) is 2.59. The quantitative estimate of drug-likeness (QED) is 0.473. The monoisotopic (exact) mass is 385 g/mol. The van der Waals surface area contributed by atoms with Crippen molar-refractivity contribution in [2.75, 3.05) is 5.43 Å². The molecule has 0 bridgehead atoms. The van der Waals surface area contributed by atoms with Gasteiger partial charge >= 0.3 is 0 Å². The molecule has 24 heavy (non-hydrogen) atoms. The molecule has 0 spiro atoms. The maximum Gasteiger partial charge on any atom is 0.279 e. The summed E-state index contributed by atoms with van der Waals surface area (Å²) in [7, 11) is 0. The average molecular weight is 386 g/mol. The van der Waals surface area contributed by atoms with E-state index in [1.807, 2.05) is 18.2 Å². The molecule has 0 unspecified atom stereocenters. The highest BCUT2D eigenvalue weighted by Crippen LogP contribution is 2.20. The van der Waals surface area contributed by atoms with Gasteiger partial charge in [-0.3, -0.25) is 9.78 Å². The molecule has 0 saturated carbocycles. The fourth-order valence-electron chi connectivity index (χ4n) is 1.96. The lowest BCUT2D eigenvalue weighted by atomic mass is 10.2. The Balaban J connectivity index is 1.77. The Morgan fingerprint density at radius 2 is 1.96 bits per heavy atom. The molecule has 8 heteroatoms. The van der Waals surface area contributed by atoms with Crippen LogP contribution in [0.1, 0.15) is 5.56 Å². The summed E-state index contributed by atoms with van der Waals surface area (Å²) in [5.41, 5.74) is 3.62. The molecule has 7 nitrogen and oxygen atoms in total. The minimum atomic E-state index is -0.376. The zero-order chi connectivity index (χ0) is 16.9. The lowest BCUT2D eigenvalue weighted by Crippen LogP contribution is -2.15. The van der Waals surface area contributed by atoms with Crippen LogP contribution < -0.4 is 11.0 Å². The second-order valence-electron chi connectivity index (χ2n) is 4.79. The first-order valence-electron chi connectivity index (χ1n) is 6.93. The van der Waals surface area contributed by atoms with Gasteiger partial charge in [-0.15, -0.1) is 10.2 Å². The summed E-state index contributed by atoms with van der Waals surface area (Å²) < 4.78 is 0.808. The third kappa shape index (κ3) is 3.66. The number of aromatic amines is 1. The Morgan fingerprint density at radius 1 is 1.17 bits per heavy atom. The van der Waals surface area contributed by atoms with Gasteiger partial charge in [0, 0.05) is 15.6 Å². The number of nitrogens with zero attached hydrogens (tertiary/aromatic N) is 3. The molecular formula is C16H12BrN5O2. The minimum Gasteiger partial charge on any atom is -0.507 e. The van der Waals surface area contributed by atoms with Gasteiger partial charge in [-0.05, 0) is 18.2 Å². The third-order valence-electron chi connectivity index (χ3n) is 3.11. The number of nitrogens with one attached hydrogen (secondary N) is 2. The van der Waals surface area contributed by atoms with Crippen LogP contribution in [-0.2, 0) is 0 Å². The molecule has 120 valence electrons. The third-order valence-corrected chi connectivity index (χ3v) is 3.60. The smallest absolute Gasteiger partial charge is 0.279 e. The zero-order valence-electron chi connectivity index (χ0n) is 12.3. The molecule has 0 fully saturated rings. The van der Waals surface area contributed by atoms with Gasteiger partial charge in [0.15, 0.2) is 5.69 Å². The number of phenols is 1. The Kier molecular flexibility index (Phi) is 4.66. The zero-order valence-corrected chi connectivity index (χ0v) is 13.9. The molecule has 0 aliphatic carbocycles. The fraction of sp³-hybridized carbons (Fsp3) is 0. The normalized spacial score (nSPS) is 10.9. The maximum atomic E-state index is 12.1. The molecule has 1 aromatic heterocycles. The van der Waals surface area contributed by atoms with Crippen molar-refractivity contribution in [3.63, 3.8) is 0 Å². The predicted octanol–water partition coefficient (Wildman–Crippen LogP) is 2.75. The number of aromatic nitrogens is 3. The number of rotatable bonds is 4. The van der Waals surface area contributed by atoms with E-state index in [1.165, 1.54) is 6.21 Å². The van der Waals surface area contributed by atoms with Crippen LogP contribution in [0.15, 0.2) is 62.9 Å². The first-order valence-corrected chi connectivity index (χ1v) is 7.73. The highest BCUT2D eigenvalue weighted by molar-refractivity contribution is 9.10. The first kappa shape index (κ1) is 15.9. The molecule has 3 N–H and O–H groups in total. The summed E-state index contributed by atoms with van der Waals surface area (Å²) in [4.78, 5) is 14.6. The van der Waals surface area contributed by atoms with Gasteiger partial charge < -0.3 is 5.11 Å². The van der Waals surface area contributed by atoms with E-state index in [0.29, 0.717) is 11.1 Å². The van der Waals surface area contributed by atoms with E-state index in [0.717, 1.165) is 4.47 Å². The predicted molar refractivity (Wildman–Crippen MR) is 95.1 cm³/mol. The number of benzene rings is 2. The second-order valence-corrected chi connectivity index (χ2v) is 5.71. The number of halogens is 1. The number of hydrogen-bond acceptors (Lipinski definition) is 6. The molecule has 3 rings (SSSR count). The van der Waals surface area contributed by atoms with Crippen molar-refractivity contribution in [3.8, 4) is 17.0 Å². The van der Waals surface area contributed by atoms with Crippen LogP contribution >= 0.6 is 15.9 Å². The lowest BCUT2D eigenvalue weighted by molar-refractivity contribution is 0.474. The summed E-state index contributed by atoms with van der Waals surface area (Å²) in [6, 6.07) is 14.0. The van der Waals surface area contributed by atoms with Crippen LogP contribution in [-0.4, -0.2) is 26.5 Å². The van der Waals surface area contributed by atoms with Crippen LogP contribution in [0.3, 0.4) is 0 Å². The standard InChI is InChI=1S/C16H12BrN5O2/c17-12-6-7-13(23)11(8-12)9-18-21-16-19-15(24)14(20-22-16)10-4-2-1-3-5-10/h1-9,23H,(H2,19,21,22,24)/b18-9+. The summed E-state index contributed by atoms with van der Waals surface area (Å²) >= 11 is 3.31. The largest absolute Gasteiger partial charge is 0.507 e. The van der Waals surface area contributed by atoms with Gasteiger partial charge in [-0.1, -0.05) is 46.3 Å². The number of hydrazone groups is 1. The molecule has 1 heterocycles. The highest BCUT2D eigenvalue weighted by Gasteiger charge is 2.06. The molecule has 2 aromatic carbocycles. The van der Waals surface area contributed by atoms with Gasteiger partial charge in [0.05, 0.1) is 6.21 Å². The first-order chi connectivity index (χ1) is 11.6. The summed E-state index contributed by atoms with van der Waals surface area (Å²) in [6.07, 6.45) is 1.41. The van der Waals surface area contributed by atoms with E-state index in [4.69, 9.17) is 0 Å². The van der Waals surface area contributed by atoms with E-state index in [1.54, 1.807) is 30.3 Å². The van der Waals surface area contributed by atoms with Gasteiger partial charge in [0.25, 0.3) is 5.56 Å². The number of H-pyrrole nitrogens is 1. The summed E-state index contributed by atoms with van der Waals surface area (Å²) in [6.45, 7) is 0. The Bertz CT molecular complexity index is 941. The van der Waals surface area contributed by atoms with Gasteiger partial charge in [-0.25, -0.2) is 5.43 Å². The van der Waals surface area contributed by atoms with E-state index < -0.39 is 0 Å². The van der Waals surface area contributed by atoms with E-state index in [-0.39, 0.29) is 23.0 Å². The van der Waals surface area contributed by atoms with Gasteiger partial charge in [0.1, 0.15) is 5.75 Å². The Morgan fingerprint density at radius 3 is 2.71 bits per heavy atom. The Hall–Kier alpha value is -3.00. The molecule has 0 aliphatic heterocycles. The van der Waals surface area contributed by atoms with Crippen molar-refractivity contribution in [2.45, 2.75) is 0 Å². The highest BCUT2D eigenvalue weighted by atomic mass is 79.9. The maximum absolute atomic E-state index is 12.1. The van der Waals surface area contributed by atoms with Crippen LogP contribution in [0.4, 0.5) is 5.95 Å². The molecule has 0 atom stereocenters. The molecule has 0 amide bonds. The number of phenolic OH excluding ortho intramolecular Hbond substituents is 1. The number of hydrogen-bond donors (Lipinski definition) is 3. The summed E-state index contributed by atoms with van der Waals surface area (Å²) in [5.74, 6) is 0.188. The van der Waals surface area contributed by atoms with Crippen LogP contribution in [0.5, 0.6) is 5.75 Å². The number of anilines is 1. The number of aromatic hydroxyl groups is 1. The van der Waals surface area contributed by atoms with Crippen molar-refractivity contribution < 1.29 is 5.11 Å². The lowest BCUT2D eigenvalue weighted by Gasteiger charge is -2.02. The van der Waals surface area contributed by atoms with Crippen LogP contribution in [0.2, 0.25) is 0 Å². The van der Waals surface area contributed by atoms with Crippen molar-refractivity contribution in [1.29, 1.82) is 0 Å². The SMILES string of the molecule is O=c1[nH]c(N/N=C/c2cc(Br)ccc2O)nnc1-c1ccccc1. The van der Waals surface area contributed by atoms with Gasteiger partial charge in [-0.2, -0.15) is 5.10 Å². The molecule has 0 radical (unpaired) electrons. The summed E-state index contributed by atoms with van der Waals surface area (Å²) in [5, 5.41) is 21.4. The van der Waals surface area contributed by atoms with E-state index in [9.17, 15) is 9.90 Å². The van der Waals surface area contributed by atoms with Crippen molar-refractivity contribution in [3.05, 3.63) is 68.9 Å². The van der Waals surface area contributed by atoms with Crippen LogP contribution in [0, 0.1) is 0 Å². The molecular weight excluding hydrogens is 374 g/mol. The Labute approximate surface area is 145 Å². The second kappa shape index (κ2) is 7.05. The van der Waals surface area contributed by atoms with Gasteiger partial charge in [0.2, 0.25) is 5.95 Å². The molecule has 3 aromatic rings. The van der Waals surface area contributed by atoms with E-state index >= 15 is 0 Å². The van der Waals surface area contributed by atoms with Crippen molar-refractivity contribution in [1.82, 2.24) is 15.2 Å². The topological polar surface area (TPSA) is 103 Å². The fourth-order valence-corrected chi connectivity index (χ4v) is 2.34. The molecule has 0 saturated heterocycles. The molecule has 0 aliphatic rings. The van der Waals surface area contributed by atoms with Crippen LogP contribution in [0.25, 0.3) is 11.3 Å². The minimum absolute atomic E-state index is 0.0859. The van der Waals surface area contributed by atoms with Crippen molar-refractivity contribution in [2.24, 2.45) is 5.10 Å². The van der Waals surface area contributed by atoms with E-state index in [2.05, 4.69) is 41.6 Å². The van der Waals surface area contributed by atoms with Crippen molar-refractivity contribution >= 4 is 28.1 Å².